The first-order chi connectivity index (χ1) is 19.0. The lowest BCUT2D eigenvalue weighted by atomic mass is 9.63. The van der Waals surface area contributed by atoms with Crippen molar-refractivity contribution in [3.63, 3.8) is 0 Å². The Morgan fingerprint density at radius 2 is 1.38 bits per heavy atom. The monoisotopic (exact) mass is 605 g/mol. The van der Waals surface area contributed by atoms with Crippen LogP contribution in [0.2, 0.25) is 0 Å². The molecule has 1 heterocycles. The van der Waals surface area contributed by atoms with E-state index in [4.69, 9.17) is 9.47 Å². The number of allylic oxidation sites excluding steroid dienone is 4. The fourth-order valence-electron chi connectivity index (χ4n) is 6.52. The number of rotatable bonds is 8. The number of halogens is 1. The van der Waals surface area contributed by atoms with Gasteiger partial charge in [0.25, 0.3) is 0 Å². The summed E-state index contributed by atoms with van der Waals surface area (Å²) in [6.07, 6.45) is 3.45. The van der Waals surface area contributed by atoms with E-state index in [0.29, 0.717) is 26.1 Å². The maximum Gasteiger partial charge on any atom is 0.162 e. The summed E-state index contributed by atoms with van der Waals surface area (Å²) in [5.41, 5.74) is 5.63. The largest absolute Gasteiger partial charge is 0.489 e. The van der Waals surface area contributed by atoms with E-state index in [1.165, 1.54) is 0 Å². The van der Waals surface area contributed by atoms with Crippen molar-refractivity contribution >= 4 is 27.5 Å². The van der Waals surface area contributed by atoms with Crippen LogP contribution in [0.4, 0.5) is 0 Å². The second kappa shape index (κ2) is 11.3. The molecule has 40 heavy (non-hydrogen) atoms. The Labute approximate surface area is 246 Å². The maximum absolute atomic E-state index is 13.9. The molecular formula is C34H40BrNO4. The fraction of sp³-hybridized carbons (Fsp3) is 0.471. The minimum Gasteiger partial charge on any atom is -0.489 e. The van der Waals surface area contributed by atoms with Gasteiger partial charge in [0.1, 0.15) is 12.4 Å². The number of nitrogens with zero attached hydrogens (tertiary/aromatic N) is 1. The summed E-state index contributed by atoms with van der Waals surface area (Å²) in [7, 11) is 1.72. The first kappa shape index (κ1) is 28.8. The van der Waals surface area contributed by atoms with Crippen LogP contribution in [0.25, 0.3) is 0 Å². The molecule has 3 aliphatic rings. The van der Waals surface area contributed by atoms with Crippen LogP contribution in [0.5, 0.6) is 5.75 Å². The van der Waals surface area contributed by atoms with Gasteiger partial charge < -0.3 is 14.4 Å². The Hall–Kier alpha value is -2.70. The van der Waals surface area contributed by atoms with Crippen molar-refractivity contribution in [1.82, 2.24) is 4.90 Å². The Balaban J connectivity index is 1.54. The molecule has 212 valence electrons. The number of ether oxygens (including phenoxy) is 2. The summed E-state index contributed by atoms with van der Waals surface area (Å²) in [6, 6.07) is 16.1. The number of hydrogen-bond acceptors (Lipinski definition) is 5. The molecule has 0 aromatic heterocycles. The first-order valence-corrected chi connectivity index (χ1v) is 15.0. The van der Waals surface area contributed by atoms with Crippen LogP contribution in [-0.4, -0.2) is 36.7 Å². The normalized spacial score (nSPS) is 20.5. The van der Waals surface area contributed by atoms with E-state index < -0.39 is 0 Å². The second-order valence-electron chi connectivity index (χ2n) is 13.0. The summed E-state index contributed by atoms with van der Waals surface area (Å²) >= 11 is 3.47. The molecule has 0 spiro atoms. The molecule has 0 unspecified atom stereocenters. The van der Waals surface area contributed by atoms with Gasteiger partial charge in [-0.15, -0.1) is 0 Å². The highest BCUT2D eigenvalue weighted by Crippen LogP contribution is 2.54. The lowest BCUT2D eigenvalue weighted by Crippen LogP contribution is -2.44. The third kappa shape index (κ3) is 5.99. The van der Waals surface area contributed by atoms with Crippen molar-refractivity contribution in [3.05, 3.63) is 86.7 Å². The summed E-state index contributed by atoms with van der Waals surface area (Å²) in [5.74, 6) is 0.746. The molecule has 0 amide bonds. The average molecular weight is 607 g/mol. The molecule has 0 N–H and O–H groups in total. The van der Waals surface area contributed by atoms with Crippen molar-refractivity contribution in [1.29, 1.82) is 0 Å². The van der Waals surface area contributed by atoms with Crippen molar-refractivity contribution in [3.8, 4) is 5.75 Å². The van der Waals surface area contributed by atoms with Crippen LogP contribution in [0.3, 0.4) is 0 Å². The zero-order chi connectivity index (χ0) is 28.7. The molecule has 6 heteroatoms. The summed E-state index contributed by atoms with van der Waals surface area (Å²) < 4.78 is 12.5. The molecule has 0 radical (unpaired) electrons. The molecule has 5 nitrogen and oxygen atoms in total. The van der Waals surface area contributed by atoms with Crippen LogP contribution in [0, 0.1) is 10.8 Å². The number of Topliss-reactive ketones (excluding diaryl/α,β-unsaturated/α-hetero) is 2. The molecule has 0 saturated carbocycles. The lowest BCUT2D eigenvalue weighted by Gasteiger charge is -2.49. The minimum atomic E-state index is -0.337. The van der Waals surface area contributed by atoms with Crippen molar-refractivity contribution < 1.29 is 19.1 Å². The van der Waals surface area contributed by atoms with E-state index in [2.05, 4.69) is 48.5 Å². The quantitative estimate of drug-likeness (QED) is 0.288. The summed E-state index contributed by atoms with van der Waals surface area (Å²) in [5, 5.41) is 0. The molecular weight excluding hydrogens is 566 g/mol. The van der Waals surface area contributed by atoms with E-state index in [1.54, 1.807) is 7.11 Å². The van der Waals surface area contributed by atoms with Crippen molar-refractivity contribution in [2.75, 3.05) is 20.3 Å². The van der Waals surface area contributed by atoms with Gasteiger partial charge in [0.2, 0.25) is 0 Å². The predicted octanol–water partition coefficient (Wildman–Crippen LogP) is 7.75. The van der Waals surface area contributed by atoms with Gasteiger partial charge in [0.05, 0.1) is 0 Å². The van der Waals surface area contributed by atoms with E-state index in [1.807, 2.05) is 48.5 Å². The minimum absolute atomic E-state index is 0.128. The highest BCUT2D eigenvalue weighted by Gasteiger charge is 2.48. The smallest absolute Gasteiger partial charge is 0.162 e. The van der Waals surface area contributed by atoms with Crippen LogP contribution in [0.1, 0.15) is 76.8 Å². The van der Waals surface area contributed by atoms with Gasteiger partial charge in [-0.05, 0) is 65.5 Å². The third-order valence-corrected chi connectivity index (χ3v) is 8.81. The van der Waals surface area contributed by atoms with Gasteiger partial charge in [-0.2, -0.15) is 0 Å². The Morgan fingerprint density at radius 1 is 0.825 bits per heavy atom. The number of carbonyl (C=O) groups is 2. The molecule has 2 aliphatic carbocycles. The van der Waals surface area contributed by atoms with Crippen LogP contribution in [-0.2, 0) is 20.9 Å². The molecule has 0 bridgehead atoms. The maximum atomic E-state index is 13.9. The highest BCUT2D eigenvalue weighted by atomic mass is 79.9. The number of benzene rings is 2. The molecule has 0 fully saturated rings. The van der Waals surface area contributed by atoms with Gasteiger partial charge in [-0.1, -0.05) is 67.9 Å². The SMILES string of the molecule is COCCCN1C2=C(C(=O)CC(C)(C)C2)C(c2ccc(OCc3ccc(Br)cc3)cc2)C2=C1CC(C)(C)CC2=O. The zero-order valence-electron chi connectivity index (χ0n) is 24.3. The van der Waals surface area contributed by atoms with Crippen LogP contribution < -0.4 is 4.74 Å². The lowest BCUT2D eigenvalue weighted by molar-refractivity contribution is -0.119. The van der Waals surface area contributed by atoms with E-state index in [0.717, 1.165) is 69.7 Å². The first-order valence-electron chi connectivity index (χ1n) is 14.2. The van der Waals surface area contributed by atoms with Gasteiger partial charge in [-0.25, -0.2) is 0 Å². The third-order valence-electron chi connectivity index (χ3n) is 8.28. The highest BCUT2D eigenvalue weighted by molar-refractivity contribution is 9.10. The van der Waals surface area contributed by atoms with Crippen molar-refractivity contribution in [2.24, 2.45) is 10.8 Å². The Morgan fingerprint density at radius 3 is 1.90 bits per heavy atom. The number of hydrogen-bond donors (Lipinski definition) is 0. The molecule has 2 aromatic rings. The summed E-state index contributed by atoms with van der Waals surface area (Å²) in [6.45, 7) is 10.6. The van der Waals surface area contributed by atoms with Gasteiger partial charge in [0.15, 0.2) is 11.6 Å². The topological polar surface area (TPSA) is 55.8 Å². The summed E-state index contributed by atoms with van der Waals surface area (Å²) in [4.78, 5) is 30.1. The van der Waals surface area contributed by atoms with E-state index in [-0.39, 0.29) is 28.3 Å². The molecule has 2 aromatic carbocycles. The van der Waals surface area contributed by atoms with Crippen LogP contribution >= 0.6 is 15.9 Å². The van der Waals surface area contributed by atoms with Gasteiger partial charge in [-0.3, -0.25) is 9.59 Å². The second-order valence-corrected chi connectivity index (χ2v) is 13.9. The average Bonchev–Trinajstić information content (AvgIpc) is 2.88. The fourth-order valence-corrected chi connectivity index (χ4v) is 6.79. The van der Waals surface area contributed by atoms with Crippen LogP contribution in [0.15, 0.2) is 75.5 Å². The number of carbonyl (C=O) groups excluding carboxylic acids is 2. The van der Waals surface area contributed by atoms with E-state index >= 15 is 0 Å². The molecule has 1 aliphatic heterocycles. The van der Waals surface area contributed by atoms with Gasteiger partial charge in [0, 0.05) is 66.0 Å². The standard InChI is InChI=1S/C34H40BrNO4/c1-33(2)17-26-31(28(37)19-33)30(23-9-13-25(14-10-23)40-21-22-7-11-24(35)12-8-22)32-27(36(26)15-6-16-39-5)18-34(3,4)20-29(32)38/h7-14,30H,6,15-21H2,1-5H3. The molecule has 0 atom stereocenters. The Kier molecular flexibility index (Phi) is 8.13. The van der Waals surface area contributed by atoms with Crippen molar-refractivity contribution in [2.45, 2.75) is 72.3 Å². The predicted molar refractivity (Wildman–Crippen MR) is 161 cm³/mol. The Bertz CT molecular complexity index is 1300. The zero-order valence-corrected chi connectivity index (χ0v) is 25.9. The van der Waals surface area contributed by atoms with E-state index in [9.17, 15) is 9.59 Å². The number of methoxy groups -OCH3 is 1. The number of ketones is 2. The molecule has 0 saturated heterocycles. The van der Waals surface area contributed by atoms with Gasteiger partial charge >= 0.3 is 0 Å². The molecule has 5 rings (SSSR count).